The van der Waals surface area contributed by atoms with Crippen LogP contribution in [0.1, 0.15) is 13.3 Å². The zero-order chi connectivity index (χ0) is 7.72. The predicted octanol–water partition coefficient (Wildman–Crippen LogP) is -1.16. The molecule has 1 saturated heterocycles. The highest BCUT2D eigenvalue weighted by Gasteiger charge is 2.33. The minimum Gasteiger partial charge on any atom is -0.390 e. The molecule has 1 aliphatic heterocycles. The highest BCUT2D eigenvalue weighted by Crippen LogP contribution is 2.17. The molecule has 10 heavy (non-hydrogen) atoms. The zero-order valence-corrected chi connectivity index (χ0v) is 5.77. The second-order valence-electron chi connectivity index (χ2n) is 2.63. The molecule has 60 valence electrons. The van der Waals surface area contributed by atoms with Gasteiger partial charge in [0.25, 0.3) is 0 Å². The number of ether oxygens (including phenoxy) is 1. The van der Waals surface area contributed by atoms with E-state index in [1.807, 2.05) is 0 Å². The summed E-state index contributed by atoms with van der Waals surface area (Å²) in [6.07, 6.45) is -3.07. The molecule has 0 aromatic carbocycles. The molecule has 1 fully saturated rings. The Bertz CT molecular complexity index is 104. The molecule has 0 aromatic heterocycles. The van der Waals surface area contributed by atoms with E-state index in [0.29, 0.717) is 6.42 Å². The van der Waals surface area contributed by atoms with Gasteiger partial charge in [-0.05, 0) is 6.92 Å². The highest BCUT2D eigenvalue weighted by atomic mass is 16.6. The Morgan fingerprint density at radius 1 is 1.30 bits per heavy atom. The van der Waals surface area contributed by atoms with Crippen LogP contribution in [0, 0.1) is 0 Å². The van der Waals surface area contributed by atoms with Gasteiger partial charge >= 0.3 is 0 Å². The number of hydrogen-bond acceptors (Lipinski definition) is 4. The molecule has 1 unspecified atom stereocenters. The van der Waals surface area contributed by atoms with Crippen LogP contribution in [0.4, 0.5) is 0 Å². The quantitative estimate of drug-likeness (QED) is 0.405. The molecule has 0 saturated carbocycles. The van der Waals surface area contributed by atoms with Gasteiger partial charge in [0.05, 0.1) is 12.2 Å². The van der Waals surface area contributed by atoms with Gasteiger partial charge in [-0.3, -0.25) is 0 Å². The summed E-state index contributed by atoms with van der Waals surface area (Å²) < 4.78 is 4.81. The van der Waals surface area contributed by atoms with Gasteiger partial charge in [-0.1, -0.05) is 0 Å². The Morgan fingerprint density at radius 2 is 1.90 bits per heavy atom. The van der Waals surface area contributed by atoms with Gasteiger partial charge in [0.2, 0.25) is 0 Å². The zero-order valence-electron chi connectivity index (χ0n) is 5.77. The summed E-state index contributed by atoms with van der Waals surface area (Å²) in [5.41, 5.74) is 0. The molecule has 1 heterocycles. The lowest BCUT2D eigenvalue weighted by atomic mass is 10.0. The highest BCUT2D eigenvalue weighted by molar-refractivity contribution is 4.77. The van der Waals surface area contributed by atoms with E-state index in [4.69, 9.17) is 20.1 Å². The molecule has 4 heteroatoms. The Labute approximate surface area is 59.1 Å². The molecular weight excluding hydrogens is 136 g/mol. The Balaban J connectivity index is 2.49. The second kappa shape index (κ2) is 2.84. The first-order valence-corrected chi connectivity index (χ1v) is 3.31. The third-order valence-electron chi connectivity index (χ3n) is 1.63. The number of hydrogen-bond donors (Lipinski definition) is 3. The predicted molar refractivity (Wildman–Crippen MR) is 33.2 cm³/mol. The Kier molecular flexibility index (Phi) is 2.25. The van der Waals surface area contributed by atoms with Crippen LogP contribution in [0.3, 0.4) is 0 Å². The largest absolute Gasteiger partial charge is 0.390 e. The molecule has 1 aliphatic rings. The van der Waals surface area contributed by atoms with Crippen molar-refractivity contribution < 1.29 is 20.1 Å². The normalized spacial score (nSPS) is 49.2. The van der Waals surface area contributed by atoms with E-state index < -0.39 is 18.5 Å². The first kappa shape index (κ1) is 7.94. The first-order chi connectivity index (χ1) is 4.61. The molecule has 1 rings (SSSR count). The van der Waals surface area contributed by atoms with E-state index in [9.17, 15) is 0 Å². The van der Waals surface area contributed by atoms with Gasteiger partial charge in [0, 0.05) is 6.42 Å². The molecular formula is C6H12O4. The van der Waals surface area contributed by atoms with Crippen LogP contribution < -0.4 is 0 Å². The van der Waals surface area contributed by atoms with Gasteiger partial charge in [-0.25, -0.2) is 0 Å². The molecule has 0 bridgehead atoms. The summed E-state index contributed by atoms with van der Waals surface area (Å²) in [5.74, 6) is 0. The first-order valence-electron chi connectivity index (χ1n) is 3.31. The van der Waals surface area contributed by atoms with E-state index >= 15 is 0 Å². The van der Waals surface area contributed by atoms with Gasteiger partial charge in [0.1, 0.15) is 6.10 Å². The van der Waals surface area contributed by atoms with Gasteiger partial charge in [0.15, 0.2) is 6.29 Å². The van der Waals surface area contributed by atoms with E-state index in [0.717, 1.165) is 0 Å². The van der Waals surface area contributed by atoms with Crippen LogP contribution in [0.2, 0.25) is 0 Å². The smallest absolute Gasteiger partial charge is 0.183 e. The molecule has 4 nitrogen and oxygen atoms in total. The van der Waals surface area contributed by atoms with Crippen molar-refractivity contribution in [3.05, 3.63) is 0 Å². The minimum absolute atomic E-state index is 0.187. The van der Waals surface area contributed by atoms with E-state index in [1.54, 1.807) is 6.92 Å². The van der Waals surface area contributed by atoms with Crippen LogP contribution in [0.15, 0.2) is 0 Å². The van der Waals surface area contributed by atoms with Gasteiger partial charge in [-0.2, -0.15) is 0 Å². The number of aliphatic hydroxyl groups is 3. The fourth-order valence-corrected chi connectivity index (χ4v) is 1.04. The fourth-order valence-electron chi connectivity index (χ4n) is 1.04. The van der Waals surface area contributed by atoms with E-state index in [1.165, 1.54) is 0 Å². The van der Waals surface area contributed by atoms with Crippen LogP contribution in [-0.2, 0) is 4.74 Å². The summed E-state index contributed by atoms with van der Waals surface area (Å²) >= 11 is 0. The lowest BCUT2D eigenvalue weighted by Crippen LogP contribution is -2.47. The van der Waals surface area contributed by atoms with Crippen molar-refractivity contribution in [3.8, 4) is 0 Å². The third kappa shape index (κ3) is 1.46. The molecule has 0 radical (unpaired) electrons. The van der Waals surface area contributed by atoms with Crippen molar-refractivity contribution >= 4 is 0 Å². The second-order valence-corrected chi connectivity index (χ2v) is 2.63. The third-order valence-corrected chi connectivity index (χ3v) is 1.63. The Morgan fingerprint density at radius 3 is 2.40 bits per heavy atom. The standard InChI is InChI=1S/C6H12O4/c1-3-2-4(7)5(8)6(9)10-3/h3-9H,2H2,1H3/t3-,4+,5-,6?/m1/s1. The molecule has 0 aromatic rings. The summed E-state index contributed by atoms with van der Waals surface area (Å²) in [6.45, 7) is 1.73. The van der Waals surface area contributed by atoms with Gasteiger partial charge < -0.3 is 20.1 Å². The summed E-state index contributed by atoms with van der Waals surface area (Å²) in [5, 5.41) is 26.9. The van der Waals surface area contributed by atoms with Crippen molar-refractivity contribution in [2.24, 2.45) is 0 Å². The average Bonchev–Trinajstić information content (AvgIpc) is 1.82. The van der Waals surface area contributed by atoms with Crippen LogP contribution in [-0.4, -0.2) is 39.9 Å². The van der Waals surface area contributed by atoms with Crippen molar-refractivity contribution in [2.75, 3.05) is 0 Å². The van der Waals surface area contributed by atoms with Crippen molar-refractivity contribution in [2.45, 2.75) is 37.9 Å². The monoisotopic (exact) mass is 148 g/mol. The van der Waals surface area contributed by atoms with E-state index in [2.05, 4.69) is 0 Å². The molecule has 0 spiro atoms. The maximum absolute atomic E-state index is 9.03. The maximum Gasteiger partial charge on any atom is 0.183 e. The lowest BCUT2D eigenvalue weighted by Gasteiger charge is -2.32. The van der Waals surface area contributed by atoms with Crippen LogP contribution in [0.5, 0.6) is 0 Å². The molecule has 4 atom stereocenters. The molecule has 3 N–H and O–H groups in total. The SMILES string of the molecule is C[C@@H]1C[C@H](O)[C@@H](O)C(O)O1. The summed E-state index contributed by atoms with van der Waals surface area (Å²) in [6, 6.07) is 0. The van der Waals surface area contributed by atoms with Crippen LogP contribution >= 0.6 is 0 Å². The Hall–Kier alpha value is -0.160. The van der Waals surface area contributed by atoms with Gasteiger partial charge in [-0.15, -0.1) is 0 Å². The topological polar surface area (TPSA) is 69.9 Å². The lowest BCUT2D eigenvalue weighted by molar-refractivity contribution is -0.242. The number of rotatable bonds is 0. The maximum atomic E-state index is 9.03. The van der Waals surface area contributed by atoms with Crippen molar-refractivity contribution in [3.63, 3.8) is 0 Å². The van der Waals surface area contributed by atoms with Crippen LogP contribution in [0.25, 0.3) is 0 Å². The molecule has 0 amide bonds. The van der Waals surface area contributed by atoms with Crippen molar-refractivity contribution in [1.82, 2.24) is 0 Å². The number of aliphatic hydroxyl groups excluding tert-OH is 3. The average molecular weight is 148 g/mol. The van der Waals surface area contributed by atoms with E-state index in [-0.39, 0.29) is 6.10 Å². The summed E-state index contributed by atoms with van der Waals surface area (Å²) in [4.78, 5) is 0. The minimum atomic E-state index is -1.24. The van der Waals surface area contributed by atoms with Crippen molar-refractivity contribution in [1.29, 1.82) is 0 Å². The fraction of sp³-hybridized carbons (Fsp3) is 1.00. The molecule has 0 aliphatic carbocycles. The summed E-state index contributed by atoms with van der Waals surface area (Å²) in [7, 11) is 0.